The van der Waals surface area contributed by atoms with Crippen LogP contribution >= 0.6 is 22.9 Å². The van der Waals surface area contributed by atoms with Gasteiger partial charge in [0.1, 0.15) is 0 Å². The van der Waals surface area contributed by atoms with Crippen LogP contribution in [0, 0.1) is 11.3 Å². The van der Waals surface area contributed by atoms with Crippen LogP contribution in [-0.4, -0.2) is 11.2 Å². The maximum absolute atomic E-state index is 10.4. The highest BCUT2D eigenvalue weighted by Gasteiger charge is 2.36. The summed E-state index contributed by atoms with van der Waals surface area (Å²) in [4.78, 5) is 1.20. The Kier molecular flexibility index (Phi) is 4.17. The van der Waals surface area contributed by atoms with Crippen molar-refractivity contribution < 1.29 is 5.11 Å². The second-order valence-corrected chi connectivity index (χ2v) is 7.62. The molecule has 1 aromatic heterocycles. The van der Waals surface area contributed by atoms with Crippen molar-refractivity contribution in [1.82, 2.24) is 0 Å². The van der Waals surface area contributed by atoms with E-state index in [1.807, 2.05) is 12.1 Å². The van der Waals surface area contributed by atoms with Crippen molar-refractivity contribution in [2.45, 2.75) is 52.1 Å². The maximum Gasteiger partial charge on any atom is 0.0931 e. The predicted octanol–water partition coefficient (Wildman–Crippen LogP) is 4.52. The van der Waals surface area contributed by atoms with E-state index in [0.717, 1.165) is 17.2 Å². The first-order chi connectivity index (χ1) is 7.99. The van der Waals surface area contributed by atoms with E-state index in [1.165, 1.54) is 24.1 Å². The molecule has 0 spiro atoms. The van der Waals surface area contributed by atoms with Gasteiger partial charge in [-0.25, -0.2) is 0 Å². The quantitative estimate of drug-likeness (QED) is 0.858. The first-order valence-electron chi connectivity index (χ1n) is 6.41. The Balaban J connectivity index is 2.01. The lowest BCUT2D eigenvalue weighted by Gasteiger charge is -2.41. The Labute approximate surface area is 113 Å². The van der Waals surface area contributed by atoms with E-state index >= 15 is 0 Å². The number of hydrogen-bond acceptors (Lipinski definition) is 2. The lowest BCUT2D eigenvalue weighted by atomic mass is 9.66. The molecule has 1 N–H and O–H groups in total. The van der Waals surface area contributed by atoms with Crippen LogP contribution in [0.3, 0.4) is 0 Å². The van der Waals surface area contributed by atoms with Crippen molar-refractivity contribution in [3.8, 4) is 0 Å². The summed E-state index contributed by atoms with van der Waals surface area (Å²) in [6.07, 6.45) is 5.50. The molecule has 2 atom stereocenters. The largest absolute Gasteiger partial charge is 0.392 e. The first-order valence-corrected chi connectivity index (χ1v) is 7.61. The summed E-state index contributed by atoms with van der Waals surface area (Å²) < 4.78 is 0.815. The zero-order valence-corrected chi connectivity index (χ0v) is 12.2. The van der Waals surface area contributed by atoms with Crippen molar-refractivity contribution in [1.29, 1.82) is 0 Å². The number of aliphatic hydroxyl groups is 1. The molecule has 0 amide bonds. The topological polar surface area (TPSA) is 20.2 Å². The summed E-state index contributed by atoms with van der Waals surface area (Å²) in [6, 6.07) is 3.95. The van der Waals surface area contributed by atoms with Crippen LogP contribution in [0.2, 0.25) is 4.34 Å². The van der Waals surface area contributed by atoms with Gasteiger partial charge in [-0.05, 0) is 36.3 Å². The molecule has 1 aliphatic rings. The van der Waals surface area contributed by atoms with E-state index in [1.54, 1.807) is 11.3 Å². The molecular formula is C14H21ClOS. The fraction of sp³-hybridized carbons (Fsp3) is 0.714. The summed E-state index contributed by atoms with van der Waals surface area (Å²) in [6.45, 7) is 4.59. The van der Waals surface area contributed by atoms with Gasteiger partial charge in [-0.2, -0.15) is 0 Å². The fourth-order valence-corrected chi connectivity index (χ4v) is 4.18. The normalized spacial score (nSPS) is 25.8. The third-order valence-corrected chi connectivity index (χ3v) is 5.35. The monoisotopic (exact) mass is 272 g/mol. The summed E-state index contributed by atoms with van der Waals surface area (Å²) >= 11 is 7.51. The zero-order valence-electron chi connectivity index (χ0n) is 10.6. The molecule has 0 aliphatic heterocycles. The third kappa shape index (κ3) is 3.24. The van der Waals surface area contributed by atoms with Crippen molar-refractivity contribution in [3.05, 3.63) is 21.3 Å². The van der Waals surface area contributed by atoms with Gasteiger partial charge in [-0.15, -0.1) is 11.3 Å². The molecule has 17 heavy (non-hydrogen) atoms. The minimum absolute atomic E-state index is 0.222. The Bertz CT molecular complexity index is 372. The van der Waals surface area contributed by atoms with E-state index in [0.29, 0.717) is 5.92 Å². The van der Waals surface area contributed by atoms with Gasteiger partial charge in [0.2, 0.25) is 0 Å². The molecule has 0 aromatic carbocycles. The van der Waals surface area contributed by atoms with Crippen molar-refractivity contribution >= 4 is 22.9 Å². The van der Waals surface area contributed by atoms with Gasteiger partial charge >= 0.3 is 0 Å². The Morgan fingerprint density at radius 1 is 1.47 bits per heavy atom. The van der Waals surface area contributed by atoms with Crippen LogP contribution in [0.1, 0.15) is 44.4 Å². The van der Waals surface area contributed by atoms with Crippen molar-refractivity contribution in [3.63, 3.8) is 0 Å². The third-order valence-electron chi connectivity index (χ3n) is 4.09. The van der Waals surface area contributed by atoms with Gasteiger partial charge in [-0.1, -0.05) is 38.3 Å². The van der Waals surface area contributed by atoms with Crippen LogP contribution in [0.25, 0.3) is 0 Å². The molecule has 1 nitrogen and oxygen atoms in total. The van der Waals surface area contributed by atoms with Gasteiger partial charge in [0.15, 0.2) is 0 Å². The Morgan fingerprint density at radius 3 is 2.82 bits per heavy atom. The minimum atomic E-state index is -0.222. The molecule has 1 aliphatic carbocycles. The molecule has 1 heterocycles. The lowest BCUT2D eigenvalue weighted by Crippen LogP contribution is -2.37. The molecule has 3 heteroatoms. The fourth-order valence-electron chi connectivity index (χ4n) is 3.04. The number of rotatable bonds is 3. The van der Waals surface area contributed by atoms with Gasteiger partial charge in [0.25, 0.3) is 0 Å². The smallest absolute Gasteiger partial charge is 0.0931 e. The van der Waals surface area contributed by atoms with E-state index < -0.39 is 0 Å². The average molecular weight is 273 g/mol. The first kappa shape index (κ1) is 13.4. The maximum atomic E-state index is 10.4. The molecule has 0 saturated heterocycles. The van der Waals surface area contributed by atoms with E-state index in [2.05, 4.69) is 13.8 Å². The number of halogens is 1. The average Bonchev–Trinajstić information content (AvgIpc) is 2.63. The van der Waals surface area contributed by atoms with E-state index in [4.69, 9.17) is 11.6 Å². The Hall–Kier alpha value is -0.0500. The van der Waals surface area contributed by atoms with Crippen molar-refractivity contribution in [2.75, 3.05) is 0 Å². The van der Waals surface area contributed by atoms with Crippen LogP contribution < -0.4 is 0 Å². The number of hydrogen-bond donors (Lipinski definition) is 1. The summed E-state index contributed by atoms with van der Waals surface area (Å²) in [5, 5.41) is 10.4. The van der Waals surface area contributed by atoms with Crippen molar-refractivity contribution in [2.24, 2.45) is 11.3 Å². The summed E-state index contributed by atoms with van der Waals surface area (Å²) in [7, 11) is 0. The van der Waals surface area contributed by atoms with Crippen LogP contribution in [0.15, 0.2) is 12.1 Å². The van der Waals surface area contributed by atoms with Gasteiger partial charge in [-0.3, -0.25) is 0 Å². The molecule has 0 bridgehead atoms. The summed E-state index contributed by atoms with van der Waals surface area (Å²) in [5.74, 6) is 0.428. The summed E-state index contributed by atoms with van der Waals surface area (Å²) in [5.41, 5.74) is 0.277. The Morgan fingerprint density at radius 2 is 2.24 bits per heavy atom. The molecule has 2 unspecified atom stereocenters. The van der Waals surface area contributed by atoms with E-state index in [-0.39, 0.29) is 11.5 Å². The molecule has 1 aromatic rings. The minimum Gasteiger partial charge on any atom is -0.392 e. The SMILES string of the molecule is CC1(C)CCCCC1C(O)Cc1ccc(Cl)s1. The highest BCUT2D eigenvalue weighted by Crippen LogP contribution is 2.43. The molecule has 96 valence electrons. The molecule has 1 fully saturated rings. The second kappa shape index (κ2) is 5.29. The van der Waals surface area contributed by atoms with Crippen LogP contribution in [0.4, 0.5) is 0 Å². The highest BCUT2D eigenvalue weighted by atomic mass is 35.5. The van der Waals surface area contributed by atoms with Crippen LogP contribution in [0.5, 0.6) is 0 Å². The van der Waals surface area contributed by atoms with Gasteiger partial charge in [0, 0.05) is 11.3 Å². The number of thiophene rings is 1. The highest BCUT2D eigenvalue weighted by molar-refractivity contribution is 7.16. The van der Waals surface area contributed by atoms with E-state index in [9.17, 15) is 5.11 Å². The number of aliphatic hydroxyl groups excluding tert-OH is 1. The van der Waals surface area contributed by atoms with Gasteiger partial charge < -0.3 is 5.11 Å². The molecular weight excluding hydrogens is 252 g/mol. The molecule has 2 rings (SSSR count). The van der Waals surface area contributed by atoms with Gasteiger partial charge in [0.05, 0.1) is 10.4 Å². The molecule has 0 radical (unpaired) electrons. The molecule has 1 saturated carbocycles. The zero-order chi connectivity index (χ0) is 12.5. The predicted molar refractivity (Wildman–Crippen MR) is 74.8 cm³/mol. The standard InChI is InChI=1S/C14H21ClOS/c1-14(2)8-4-3-5-11(14)12(16)9-10-6-7-13(15)17-10/h6-7,11-12,16H,3-5,8-9H2,1-2H3. The lowest BCUT2D eigenvalue weighted by molar-refractivity contribution is 0.00622. The second-order valence-electron chi connectivity index (χ2n) is 5.82. The van der Waals surface area contributed by atoms with Crippen LogP contribution in [-0.2, 0) is 6.42 Å².